The normalized spacial score (nSPS) is 10.5. The van der Waals surface area contributed by atoms with Crippen LogP contribution >= 0.6 is 23.2 Å². The molecule has 0 spiro atoms. The number of alkyl halides is 1. The standard InChI is InChI=1S/C11H9Cl2N3O/c1-6(17)14-10-3-2-8-7(5-12)4-9(13)15-11(8)16-10/h2-4H,5H2,1H3,(H,14,15,16,17). The summed E-state index contributed by atoms with van der Waals surface area (Å²) >= 11 is 11.7. The van der Waals surface area contributed by atoms with Crippen LogP contribution in [0.1, 0.15) is 12.5 Å². The number of nitrogens with one attached hydrogen (secondary N) is 1. The minimum Gasteiger partial charge on any atom is -0.311 e. The monoisotopic (exact) mass is 269 g/mol. The molecule has 0 aliphatic rings. The molecule has 1 N–H and O–H groups in total. The van der Waals surface area contributed by atoms with E-state index in [1.165, 1.54) is 6.92 Å². The van der Waals surface area contributed by atoms with Crippen LogP contribution in [0.15, 0.2) is 18.2 Å². The molecule has 0 bridgehead atoms. The van der Waals surface area contributed by atoms with Gasteiger partial charge in [0.2, 0.25) is 5.91 Å². The van der Waals surface area contributed by atoms with Crippen molar-refractivity contribution in [2.75, 3.05) is 5.32 Å². The van der Waals surface area contributed by atoms with Gasteiger partial charge in [-0.2, -0.15) is 0 Å². The Labute approximate surface area is 108 Å². The van der Waals surface area contributed by atoms with Crippen LogP contribution in [-0.4, -0.2) is 15.9 Å². The first-order valence-corrected chi connectivity index (χ1v) is 5.81. The number of hydrogen-bond donors (Lipinski definition) is 1. The minimum atomic E-state index is -0.184. The van der Waals surface area contributed by atoms with Crippen molar-refractivity contribution in [1.29, 1.82) is 0 Å². The molecule has 88 valence electrons. The second kappa shape index (κ2) is 4.85. The SMILES string of the molecule is CC(=O)Nc1ccc2c(CCl)cc(Cl)nc2n1. The average Bonchev–Trinajstić information content (AvgIpc) is 2.26. The molecule has 0 saturated carbocycles. The van der Waals surface area contributed by atoms with Gasteiger partial charge < -0.3 is 5.32 Å². The largest absolute Gasteiger partial charge is 0.311 e. The van der Waals surface area contributed by atoms with Crippen molar-refractivity contribution in [3.63, 3.8) is 0 Å². The van der Waals surface area contributed by atoms with Gasteiger partial charge in [0, 0.05) is 18.2 Å². The van der Waals surface area contributed by atoms with Crippen molar-refractivity contribution in [2.24, 2.45) is 0 Å². The van der Waals surface area contributed by atoms with Gasteiger partial charge in [0.05, 0.1) is 0 Å². The minimum absolute atomic E-state index is 0.184. The lowest BCUT2D eigenvalue weighted by molar-refractivity contribution is -0.114. The summed E-state index contributed by atoms with van der Waals surface area (Å²) in [4.78, 5) is 19.2. The lowest BCUT2D eigenvalue weighted by Crippen LogP contribution is -2.07. The van der Waals surface area contributed by atoms with Gasteiger partial charge >= 0.3 is 0 Å². The van der Waals surface area contributed by atoms with Gasteiger partial charge in [0.15, 0.2) is 5.65 Å². The van der Waals surface area contributed by atoms with E-state index in [-0.39, 0.29) is 5.91 Å². The number of anilines is 1. The fourth-order valence-corrected chi connectivity index (χ4v) is 1.93. The van der Waals surface area contributed by atoms with Gasteiger partial charge in [-0.15, -0.1) is 11.6 Å². The highest BCUT2D eigenvalue weighted by Gasteiger charge is 2.07. The van der Waals surface area contributed by atoms with Crippen molar-refractivity contribution < 1.29 is 4.79 Å². The molecule has 2 rings (SSSR count). The maximum Gasteiger partial charge on any atom is 0.222 e. The van der Waals surface area contributed by atoms with E-state index in [4.69, 9.17) is 23.2 Å². The first kappa shape index (κ1) is 12.1. The summed E-state index contributed by atoms with van der Waals surface area (Å²) in [5.74, 6) is 0.594. The van der Waals surface area contributed by atoms with E-state index in [1.54, 1.807) is 12.1 Å². The van der Waals surface area contributed by atoms with Crippen molar-refractivity contribution in [2.45, 2.75) is 12.8 Å². The van der Waals surface area contributed by atoms with E-state index in [1.807, 2.05) is 6.07 Å². The summed E-state index contributed by atoms with van der Waals surface area (Å²) in [7, 11) is 0. The van der Waals surface area contributed by atoms with Crippen LogP contribution in [0.25, 0.3) is 11.0 Å². The van der Waals surface area contributed by atoms with Crippen molar-refractivity contribution >= 4 is 46.0 Å². The third-order valence-corrected chi connectivity index (χ3v) is 2.66. The second-order valence-corrected chi connectivity index (χ2v) is 4.14. The summed E-state index contributed by atoms with van der Waals surface area (Å²) in [5.41, 5.74) is 1.34. The Hall–Kier alpha value is -1.39. The molecule has 6 heteroatoms. The highest BCUT2D eigenvalue weighted by molar-refractivity contribution is 6.30. The fourth-order valence-electron chi connectivity index (χ4n) is 1.50. The zero-order valence-electron chi connectivity index (χ0n) is 9.00. The lowest BCUT2D eigenvalue weighted by Gasteiger charge is -2.06. The third-order valence-electron chi connectivity index (χ3n) is 2.18. The highest BCUT2D eigenvalue weighted by Crippen LogP contribution is 2.22. The van der Waals surface area contributed by atoms with E-state index in [0.717, 1.165) is 10.9 Å². The Balaban J connectivity index is 2.57. The van der Waals surface area contributed by atoms with Crippen LogP contribution in [0.4, 0.5) is 5.82 Å². The summed E-state index contributed by atoms with van der Waals surface area (Å²) in [6.07, 6.45) is 0. The molecule has 4 nitrogen and oxygen atoms in total. The van der Waals surface area contributed by atoms with E-state index in [2.05, 4.69) is 15.3 Å². The molecule has 0 radical (unpaired) electrons. The highest BCUT2D eigenvalue weighted by atomic mass is 35.5. The summed E-state index contributed by atoms with van der Waals surface area (Å²) in [6.45, 7) is 1.42. The Morgan fingerprint density at radius 1 is 1.41 bits per heavy atom. The maximum atomic E-state index is 10.9. The molecular formula is C11H9Cl2N3O. The predicted molar refractivity (Wildman–Crippen MR) is 68.4 cm³/mol. The molecule has 0 unspecified atom stereocenters. The fraction of sp³-hybridized carbons (Fsp3) is 0.182. The maximum absolute atomic E-state index is 10.9. The Morgan fingerprint density at radius 2 is 2.18 bits per heavy atom. The summed E-state index contributed by atoms with van der Waals surface area (Å²) in [5, 5.41) is 3.75. The molecule has 0 aliphatic heterocycles. The number of halogens is 2. The number of fused-ring (bicyclic) bond motifs is 1. The number of amides is 1. The molecule has 2 heterocycles. The van der Waals surface area contributed by atoms with E-state index in [0.29, 0.717) is 22.5 Å². The van der Waals surface area contributed by atoms with Crippen molar-refractivity contribution in [3.8, 4) is 0 Å². The number of rotatable bonds is 2. The van der Waals surface area contributed by atoms with Crippen LogP contribution in [-0.2, 0) is 10.7 Å². The first-order valence-electron chi connectivity index (χ1n) is 4.90. The van der Waals surface area contributed by atoms with Crippen molar-refractivity contribution in [3.05, 3.63) is 28.9 Å². The number of pyridine rings is 2. The summed E-state index contributed by atoms with van der Waals surface area (Å²) in [6, 6.07) is 5.22. The van der Waals surface area contributed by atoms with Gasteiger partial charge in [-0.05, 0) is 23.8 Å². The number of nitrogens with zero attached hydrogens (tertiary/aromatic N) is 2. The predicted octanol–water partition coefficient (Wildman–Crippen LogP) is 2.98. The number of carbonyl (C=O) groups is 1. The van der Waals surface area contributed by atoms with Crippen LogP contribution < -0.4 is 5.32 Å². The smallest absolute Gasteiger partial charge is 0.222 e. The number of carbonyl (C=O) groups excluding carboxylic acids is 1. The molecule has 0 atom stereocenters. The Bertz CT molecular complexity index is 586. The molecule has 17 heavy (non-hydrogen) atoms. The topological polar surface area (TPSA) is 54.9 Å². The Kier molecular flexibility index (Phi) is 3.45. The quantitative estimate of drug-likeness (QED) is 0.674. The molecule has 0 saturated heterocycles. The van der Waals surface area contributed by atoms with Crippen LogP contribution in [0.5, 0.6) is 0 Å². The molecule has 0 fully saturated rings. The van der Waals surface area contributed by atoms with Gasteiger partial charge in [0.1, 0.15) is 11.0 Å². The van der Waals surface area contributed by atoms with E-state index >= 15 is 0 Å². The Morgan fingerprint density at radius 3 is 2.82 bits per heavy atom. The molecule has 0 aromatic carbocycles. The van der Waals surface area contributed by atoms with Gasteiger partial charge in [-0.1, -0.05) is 11.6 Å². The van der Waals surface area contributed by atoms with Crippen molar-refractivity contribution in [1.82, 2.24) is 9.97 Å². The van der Waals surface area contributed by atoms with Crippen LogP contribution in [0.2, 0.25) is 5.15 Å². The van der Waals surface area contributed by atoms with Gasteiger partial charge in [-0.3, -0.25) is 4.79 Å². The van der Waals surface area contributed by atoms with E-state index < -0.39 is 0 Å². The summed E-state index contributed by atoms with van der Waals surface area (Å²) < 4.78 is 0. The first-order chi connectivity index (χ1) is 8.10. The number of hydrogen-bond acceptors (Lipinski definition) is 3. The van der Waals surface area contributed by atoms with Gasteiger partial charge in [-0.25, -0.2) is 9.97 Å². The second-order valence-electron chi connectivity index (χ2n) is 3.49. The molecule has 2 aromatic heterocycles. The molecule has 0 aliphatic carbocycles. The van der Waals surface area contributed by atoms with Gasteiger partial charge in [0.25, 0.3) is 0 Å². The molecule has 1 amide bonds. The van der Waals surface area contributed by atoms with Crippen LogP contribution in [0.3, 0.4) is 0 Å². The molecular weight excluding hydrogens is 261 g/mol. The third kappa shape index (κ3) is 2.65. The van der Waals surface area contributed by atoms with E-state index in [9.17, 15) is 4.79 Å². The number of aromatic nitrogens is 2. The average molecular weight is 270 g/mol. The lowest BCUT2D eigenvalue weighted by atomic mass is 10.2. The molecule has 2 aromatic rings. The zero-order chi connectivity index (χ0) is 12.4. The zero-order valence-corrected chi connectivity index (χ0v) is 10.5. The van der Waals surface area contributed by atoms with Crippen LogP contribution in [0, 0.1) is 0 Å².